The molecule has 1 aromatic carbocycles. The third-order valence-electron chi connectivity index (χ3n) is 4.46. The highest BCUT2D eigenvalue weighted by atomic mass is 32.1. The van der Waals surface area contributed by atoms with Gasteiger partial charge in [-0.05, 0) is 38.1 Å². The number of hydrogen-bond acceptors (Lipinski definition) is 5. The smallest absolute Gasteiger partial charge is 0.253 e. The first-order chi connectivity index (χ1) is 12.6. The number of nitrogens with zero attached hydrogens (tertiary/aromatic N) is 6. The van der Waals surface area contributed by atoms with Crippen LogP contribution in [0.2, 0.25) is 0 Å². The summed E-state index contributed by atoms with van der Waals surface area (Å²) in [5, 5.41) is 9.16. The molecular weight excluding hydrogens is 344 g/mol. The Morgan fingerprint density at radius 3 is 2.54 bits per heavy atom. The van der Waals surface area contributed by atoms with Crippen molar-refractivity contribution in [2.24, 2.45) is 17.3 Å². The first kappa shape index (κ1) is 18.3. The van der Waals surface area contributed by atoms with Crippen molar-refractivity contribution in [2.45, 2.75) is 27.3 Å². The fourth-order valence-electron chi connectivity index (χ4n) is 2.75. The second-order valence-corrected chi connectivity index (χ2v) is 7.41. The number of benzene rings is 1. The summed E-state index contributed by atoms with van der Waals surface area (Å²) >= 11 is 1.54. The van der Waals surface area contributed by atoms with Crippen LogP contribution in [-0.4, -0.2) is 22.6 Å². The number of anilines is 1. The highest BCUT2D eigenvalue weighted by Gasteiger charge is 2.11. The van der Waals surface area contributed by atoms with Crippen LogP contribution in [0.3, 0.4) is 0 Å². The van der Waals surface area contributed by atoms with Crippen molar-refractivity contribution in [1.82, 2.24) is 9.55 Å². The lowest BCUT2D eigenvalue weighted by Gasteiger charge is -2.22. The van der Waals surface area contributed by atoms with Crippen LogP contribution < -0.4 is 9.47 Å². The van der Waals surface area contributed by atoms with Gasteiger partial charge in [0.2, 0.25) is 5.13 Å². The van der Waals surface area contributed by atoms with Crippen LogP contribution in [0.4, 0.5) is 16.5 Å². The van der Waals surface area contributed by atoms with E-state index in [1.165, 1.54) is 11.5 Å². The summed E-state index contributed by atoms with van der Waals surface area (Å²) < 4.78 is 4.42. The number of thiazole rings is 1. The summed E-state index contributed by atoms with van der Waals surface area (Å²) in [6.07, 6.45) is 6.04. The molecule has 2 aromatic heterocycles. The van der Waals surface area contributed by atoms with Crippen molar-refractivity contribution < 1.29 is 4.57 Å². The minimum Gasteiger partial charge on any atom is -0.368 e. The van der Waals surface area contributed by atoms with E-state index in [1.54, 1.807) is 11.3 Å². The highest BCUT2D eigenvalue weighted by molar-refractivity contribution is 7.15. The molecule has 6 nitrogen and oxygen atoms in total. The van der Waals surface area contributed by atoms with Crippen molar-refractivity contribution in [3.63, 3.8) is 0 Å². The molecule has 0 saturated carbocycles. The largest absolute Gasteiger partial charge is 0.368 e. The first-order valence-electron chi connectivity index (χ1n) is 8.77. The number of rotatable bonds is 7. The Hall–Kier alpha value is -2.54. The standard InChI is InChI=1S/C19H25N6S/c1-5-24(12-13-25-11-10-23(4)16(25)3)18-8-6-17(7-9-18)21-22-19-20-14-15(2)26-19/h6-11,14H,5,12-13H2,1-4H3/q+1/b22-21+. The number of hydrogen-bond donors (Lipinski definition) is 0. The zero-order valence-corrected chi connectivity index (χ0v) is 16.6. The van der Waals surface area contributed by atoms with E-state index in [-0.39, 0.29) is 0 Å². The van der Waals surface area contributed by atoms with Gasteiger partial charge in [0.1, 0.15) is 18.9 Å². The van der Waals surface area contributed by atoms with Crippen molar-refractivity contribution in [1.29, 1.82) is 0 Å². The molecule has 0 N–H and O–H groups in total. The van der Waals surface area contributed by atoms with E-state index >= 15 is 0 Å². The van der Waals surface area contributed by atoms with Gasteiger partial charge in [0.25, 0.3) is 5.82 Å². The van der Waals surface area contributed by atoms with Gasteiger partial charge in [-0.1, -0.05) is 11.3 Å². The topological polar surface area (TPSA) is 49.7 Å². The lowest BCUT2D eigenvalue weighted by molar-refractivity contribution is -0.677. The summed E-state index contributed by atoms with van der Waals surface area (Å²) in [6.45, 7) is 9.23. The quantitative estimate of drug-likeness (QED) is 0.460. The molecule has 0 aliphatic heterocycles. The molecule has 0 bridgehead atoms. The predicted octanol–water partition coefficient (Wildman–Crippen LogP) is 4.33. The molecule has 136 valence electrons. The molecule has 0 aliphatic rings. The maximum Gasteiger partial charge on any atom is 0.253 e. The Bertz CT molecular complexity index is 878. The summed E-state index contributed by atoms with van der Waals surface area (Å²) in [5.74, 6) is 1.26. The lowest BCUT2D eigenvalue weighted by atomic mass is 10.2. The molecule has 0 atom stereocenters. The van der Waals surface area contributed by atoms with Crippen LogP contribution >= 0.6 is 11.3 Å². The van der Waals surface area contributed by atoms with Crippen LogP contribution in [0, 0.1) is 13.8 Å². The van der Waals surface area contributed by atoms with Crippen molar-refractivity contribution in [2.75, 3.05) is 18.0 Å². The molecule has 3 rings (SSSR count). The second-order valence-electron chi connectivity index (χ2n) is 6.20. The average molecular weight is 370 g/mol. The van der Waals surface area contributed by atoms with Gasteiger partial charge in [-0.15, -0.1) is 10.2 Å². The number of imidazole rings is 1. The van der Waals surface area contributed by atoms with Crippen molar-refractivity contribution in [3.05, 3.63) is 53.6 Å². The summed E-state index contributed by atoms with van der Waals surface area (Å²) in [5.41, 5.74) is 2.04. The Labute approximate surface area is 158 Å². The molecule has 3 aromatic rings. The Morgan fingerprint density at radius 1 is 1.19 bits per heavy atom. The number of azo groups is 1. The number of likely N-dealkylation sites (N-methyl/N-ethyl adjacent to an activating group) is 1. The fourth-order valence-corrected chi connectivity index (χ4v) is 3.33. The molecule has 26 heavy (non-hydrogen) atoms. The van der Waals surface area contributed by atoms with Crippen LogP contribution in [0.5, 0.6) is 0 Å². The Balaban J connectivity index is 1.63. The minimum absolute atomic E-state index is 0.692. The maximum atomic E-state index is 4.27. The van der Waals surface area contributed by atoms with Gasteiger partial charge in [-0.3, -0.25) is 0 Å². The van der Waals surface area contributed by atoms with Crippen LogP contribution in [-0.2, 0) is 13.6 Å². The van der Waals surface area contributed by atoms with E-state index in [1.807, 2.05) is 25.3 Å². The zero-order chi connectivity index (χ0) is 18.5. The second kappa shape index (κ2) is 8.23. The van der Waals surface area contributed by atoms with Gasteiger partial charge >= 0.3 is 0 Å². The molecule has 0 fully saturated rings. The minimum atomic E-state index is 0.692. The third-order valence-corrected chi connectivity index (χ3v) is 5.26. The molecule has 0 spiro atoms. The van der Waals surface area contributed by atoms with Gasteiger partial charge in [0.05, 0.1) is 19.3 Å². The summed E-state index contributed by atoms with van der Waals surface area (Å²) in [4.78, 5) is 7.70. The third kappa shape index (κ3) is 4.35. The van der Waals surface area contributed by atoms with E-state index in [0.717, 1.165) is 30.2 Å². The summed E-state index contributed by atoms with van der Waals surface area (Å²) in [7, 11) is 2.07. The molecule has 0 radical (unpaired) electrons. The van der Waals surface area contributed by atoms with Crippen LogP contribution in [0.1, 0.15) is 17.6 Å². The molecule has 0 saturated heterocycles. The van der Waals surface area contributed by atoms with Crippen LogP contribution in [0.15, 0.2) is 53.1 Å². The Kier molecular flexibility index (Phi) is 5.78. The normalized spacial score (nSPS) is 11.4. The van der Waals surface area contributed by atoms with E-state index in [4.69, 9.17) is 0 Å². The lowest BCUT2D eigenvalue weighted by Crippen LogP contribution is -2.31. The molecular formula is C19H25N6S+. The Morgan fingerprint density at radius 2 is 1.96 bits per heavy atom. The molecule has 7 heteroatoms. The fraction of sp³-hybridized carbons (Fsp3) is 0.368. The van der Waals surface area contributed by atoms with Gasteiger partial charge in [-0.2, -0.15) is 0 Å². The molecule has 0 aliphatic carbocycles. The maximum absolute atomic E-state index is 4.27. The van der Waals surface area contributed by atoms with Gasteiger partial charge in [0, 0.05) is 30.2 Å². The number of aryl methyl sites for hydroxylation is 2. The van der Waals surface area contributed by atoms with E-state index in [2.05, 4.69) is 74.7 Å². The number of aromatic nitrogens is 3. The van der Waals surface area contributed by atoms with Crippen molar-refractivity contribution in [3.8, 4) is 0 Å². The van der Waals surface area contributed by atoms with Crippen LogP contribution in [0.25, 0.3) is 0 Å². The SMILES string of the molecule is CCN(CCn1cc[n+](C)c1C)c1ccc(/N=N/c2ncc(C)s2)cc1. The molecule has 0 unspecified atom stereocenters. The molecule has 2 heterocycles. The first-order valence-corrected chi connectivity index (χ1v) is 9.59. The van der Waals surface area contributed by atoms with E-state index < -0.39 is 0 Å². The predicted molar refractivity (Wildman–Crippen MR) is 106 cm³/mol. The average Bonchev–Trinajstić information content (AvgIpc) is 3.21. The monoisotopic (exact) mass is 369 g/mol. The molecule has 0 amide bonds. The van der Waals surface area contributed by atoms with Gasteiger partial charge in [-0.25, -0.2) is 14.1 Å². The van der Waals surface area contributed by atoms with Crippen molar-refractivity contribution >= 4 is 27.8 Å². The van der Waals surface area contributed by atoms with Gasteiger partial charge < -0.3 is 4.90 Å². The zero-order valence-electron chi connectivity index (χ0n) is 15.8. The summed E-state index contributed by atoms with van der Waals surface area (Å²) in [6, 6.07) is 8.21. The van der Waals surface area contributed by atoms with Gasteiger partial charge in [0.15, 0.2) is 0 Å². The van der Waals surface area contributed by atoms with E-state index in [9.17, 15) is 0 Å². The highest BCUT2D eigenvalue weighted by Crippen LogP contribution is 2.24. The van der Waals surface area contributed by atoms with E-state index in [0.29, 0.717) is 5.13 Å².